The van der Waals surface area contributed by atoms with Crippen molar-refractivity contribution in [2.75, 3.05) is 12.4 Å². The van der Waals surface area contributed by atoms with Crippen molar-refractivity contribution in [3.05, 3.63) is 10.6 Å². The number of methoxy groups -OCH3 is 1. The minimum atomic E-state index is -0.603. The van der Waals surface area contributed by atoms with E-state index in [-0.39, 0.29) is 17.2 Å². The van der Waals surface area contributed by atoms with Crippen LogP contribution in [0.4, 0.5) is 5.13 Å². The number of hydrogen-bond acceptors (Lipinski definition) is 6. The molecule has 1 heterocycles. The van der Waals surface area contributed by atoms with Crippen LogP contribution in [0.15, 0.2) is 0 Å². The number of thiazole rings is 1. The summed E-state index contributed by atoms with van der Waals surface area (Å²) in [5.41, 5.74) is 6.19. The lowest BCUT2D eigenvalue weighted by Gasteiger charge is -2.17. The van der Waals surface area contributed by atoms with Gasteiger partial charge in [-0.15, -0.1) is 0 Å². The van der Waals surface area contributed by atoms with Crippen LogP contribution in [0.2, 0.25) is 0 Å². The number of nitrogens with zero attached hydrogens (tertiary/aromatic N) is 1. The number of amides is 1. The van der Waals surface area contributed by atoms with Crippen molar-refractivity contribution >= 4 is 28.3 Å². The highest BCUT2D eigenvalue weighted by Gasteiger charge is 2.29. The van der Waals surface area contributed by atoms with Crippen molar-refractivity contribution < 1.29 is 14.3 Å². The predicted molar refractivity (Wildman–Crippen MR) is 88.2 cm³/mol. The van der Waals surface area contributed by atoms with Gasteiger partial charge in [0.05, 0.1) is 18.8 Å². The van der Waals surface area contributed by atoms with Gasteiger partial charge in [0.15, 0.2) is 5.13 Å². The van der Waals surface area contributed by atoms with Crippen molar-refractivity contribution in [2.45, 2.75) is 52.5 Å². The summed E-state index contributed by atoms with van der Waals surface area (Å²) in [7, 11) is 1.32. The van der Waals surface area contributed by atoms with Crippen molar-refractivity contribution in [3.63, 3.8) is 0 Å². The molecule has 2 unspecified atom stereocenters. The summed E-state index contributed by atoms with van der Waals surface area (Å²) < 4.78 is 4.79. The molecule has 1 aromatic rings. The van der Waals surface area contributed by atoms with Crippen LogP contribution in [-0.2, 0) is 14.9 Å². The molecular formula is C15H25N3O3S. The molecule has 3 N–H and O–H groups in total. The van der Waals surface area contributed by atoms with Gasteiger partial charge in [0.1, 0.15) is 4.88 Å². The van der Waals surface area contributed by atoms with E-state index in [0.29, 0.717) is 15.7 Å². The van der Waals surface area contributed by atoms with Gasteiger partial charge in [0.25, 0.3) is 0 Å². The van der Waals surface area contributed by atoms with Gasteiger partial charge in [-0.2, -0.15) is 0 Å². The van der Waals surface area contributed by atoms with Gasteiger partial charge in [0, 0.05) is 5.41 Å². The Morgan fingerprint density at radius 2 is 2.00 bits per heavy atom. The predicted octanol–water partition coefficient (Wildman–Crippen LogP) is 2.54. The SMILES string of the molecule is CCC(C)C(N)C(=O)Nc1nc(C(C)(C)C)c(C(=O)OC)s1. The first-order valence-corrected chi connectivity index (χ1v) is 8.09. The molecule has 0 radical (unpaired) electrons. The summed E-state index contributed by atoms with van der Waals surface area (Å²) in [5.74, 6) is -0.670. The molecule has 0 saturated heterocycles. The Hall–Kier alpha value is -1.47. The van der Waals surface area contributed by atoms with Gasteiger partial charge < -0.3 is 15.8 Å². The standard InChI is InChI=1S/C15H25N3O3S/c1-7-8(2)9(16)12(19)18-14-17-11(15(3,4)5)10(22-14)13(20)21-6/h8-9H,7,16H2,1-6H3,(H,17,18,19). The first kappa shape index (κ1) is 18.6. The number of aromatic nitrogens is 1. The fraction of sp³-hybridized carbons (Fsp3) is 0.667. The van der Waals surface area contributed by atoms with Crippen molar-refractivity contribution in [2.24, 2.45) is 11.7 Å². The first-order chi connectivity index (χ1) is 10.1. The lowest BCUT2D eigenvalue weighted by Crippen LogP contribution is -2.40. The Bertz CT molecular complexity index is 549. The maximum absolute atomic E-state index is 12.1. The zero-order chi connectivity index (χ0) is 17.1. The fourth-order valence-corrected chi connectivity index (χ4v) is 2.91. The molecule has 1 amide bonds. The second-order valence-corrected chi connectivity index (χ2v) is 7.34. The van der Waals surface area contributed by atoms with Crippen LogP contribution < -0.4 is 11.1 Å². The van der Waals surface area contributed by atoms with Crippen LogP contribution in [-0.4, -0.2) is 30.0 Å². The minimum Gasteiger partial charge on any atom is -0.465 e. The Morgan fingerprint density at radius 1 is 1.41 bits per heavy atom. The number of carbonyl (C=O) groups is 2. The van der Waals surface area contributed by atoms with E-state index in [1.54, 1.807) is 0 Å². The fourth-order valence-electron chi connectivity index (χ4n) is 1.81. The Morgan fingerprint density at radius 3 is 2.45 bits per heavy atom. The highest BCUT2D eigenvalue weighted by atomic mass is 32.1. The molecule has 1 aromatic heterocycles. The summed E-state index contributed by atoms with van der Waals surface area (Å²) in [4.78, 5) is 28.8. The van der Waals surface area contributed by atoms with E-state index in [1.165, 1.54) is 7.11 Å². The van der Waals surface area contributed by atoms with Crippen LogP contribution in [0.5, 0.6) is 0 Å². The first-order valence-electron chi connectivity index (χ1n) is 7.27. The van der Waals surface area contributed by atoms with E-state index < -0.39 is 12.0 Å². The number of rotatable bonds is 5. The Kier molecular flexibility index (Phi) is 6.08. The summed E-state index contributed by atoms with van der Waals surface area (Å²) in [6.45, 7) is 9.75. The van der Waals surface area contributed by atoms with Crippen molar-refractivity contribution in [1.82, 2.24) is 4.98 Å². The highest BCUT2D eigenvalue weighted by molar-refractivity contribution is 7.17. The van der Waals surface area contributed by atoms with E-state index >= 15 is 0 Å². The van der Waals surface area contributed by atoms with Gasteiger partial charge in [0.2, 0.25) is 5.91 Å². The molecule has 6 nitrogen and oxygen atoms in total. The Balaban J connectivity index is 3.05. The third-order valence-corrected chi connectivity index (χ3v) is 4.45. The molecule has 1 rings (SSSR count). The minimum absolute atomic E-state index is 0.0714. The zero-order valence-corrected chi connectivity index (χ0v) is 14.8. The van der Waals surface area contributed by atoms with Crippen molar-refractivity contribution in [1.29, 1.82) is 0 Å². The van der Waals surface area contributed by atoms with Gasteiger partial charge in [-0.05, 0) is 5.92 Å². The van der Waals surface area contributed by atoms with E-state index in [1.807, 2.05) is 34.6 Å². The molecule has 124 valence electrons. The summed E-state index contributed by atoms with van der Waals surface area (Å²) >= 11 is 1.11. The molecule has 2 atom stereocenters. The Labute approximate surface area is 135 Å². The molecule has 0 aliphatic rings. The molecular weight excluding hydrogens is 302 g/mol. The molecule has 0 aliphatic carbocycles. The second-order valence-electron chi connectivity index (χ2n) is 6.34. The van der Waals surface area contributed by atoms with Gasteiger partial charge >= 0.3 is 5.97 Å². The maximum Gasteiger partial charge on any atom is 0.350 e. The lowest BCUT2D eigenvalue weighted by atomic mass is 9.91. The smallest absolute Gasteiger partial charge is 0.350 e. The number of nitrogens with one attached hydrogen (secondary N) is 1. The van der Waals surface area contributed by atoms with E-state index in [4.69, 9.17) is 10.5 Å². The molecule has 0 aromatic carbocycles. The molecule has 0 saturated carbocycles. The average Bonchev–Trinajstić information content (AvgIpc) is 2.88. The molecule has 7 heteroatoms. The quantitative estimate of drug-likeness (QED) is 0.810. The second kappa shape index (κ2) is 7.19. The number of nitrogens with two attached hydrogens (primary N) is 1. The average molecular weight is 327 g/mol. The number of carbonyl (C=O) groups excluding carboxylic acids is 2. The highest BCUT2D eigenvalue weighted by Crippen LogP contribution is 2.32. The lowest BCUT2D eigenvalue weighted by molar-refractivity contribution is -0.118. The van der Waals surface area contributed by atoms with Gasteiger partial charge in [-0.25, -0.2) is 9.78 Å². The summed E-state index contributed by atoms with van der Waals surface area (Å²) in [6, 6.07) is -0.603. The number of esters is 1. The maximum atomic E-state index is 12.1. The van der Waals surface area contributed by atoms with Gasteiger partial charge in [-0.1, -0.05) is 52.4 Å². The van der Waals surface area contributed by atoms with Gasteiger partial charge in [-0.3, -0.25) is 4.79 Å². The molecule has 0 bridgehead atoms. The number of hydrogen-bond donors (Lipinski definition) is 2. The number of anilines is 1. The molecule has 0 spiro atoms. The van der Waals surface area contributed by atoms with E-state index in [2.05, 4.69) is 10.3 Å². The largest absolute Gasteiger partial charge is 0.465 e. The van der Waals surface area contributed by atoms with E-state index in [9.17, 15) is 9.59 Å². The van der Waals surface area contributed by atoms with Crippen LogP contribution in [0.3, 0.4) is 0 Å². The third-order valence-electron chi connectivity index (χ3n) is 3.50. The topological polar surface area (TPSA) is 94.3 Å². The molecule has 22 heavy (non-hydrogen) atoms. The monoisotopic (exact) mass is 327 g/mol. The van der Waals surface area contributed by atoms with Crippen LogP contribution in [0, 0.1) is 5.92 Å². The normalized spacial score (nSPS) is 14.3. The van der Waals surface area contributed by atoms with E-state index in [0.717, 1.165) is 17.8 Å². The van der Waals surface area contributed by atoms with Crippen molar-refractivity contribution in [3.8, 4) is 0 Å². The van der Waals surface area contributed by atoms with Crippen LogP contribution in [0.25, 0.3) is 0 Å². The van der Waals surface area contributed by atoms with Crippen LogP contribution >= 0.6 is 11.3 Å². The zero-order valence-electron chi connectivity index (χ0n) is 14.0. The third kappa shape index (κ3) is 4.27. The summed E-state index contributed by atoms with van der Waals surface area (Å²) in [6.07, 6.45) is 0.813. The molecule has 0 fully saturated rings. The summed E-state index contributed by atoms with van der Waals surface area (Å²) in [5, 5.41) is 3.07. The number of ether oxygens (including phenoxy) is 1. The van der Waals surface area contributed by atoms with Crippen LogP contribution in [0.1, 0.15) is 56.4 Å². The molecule has 0 aliphatic heterocycles.